The molecule has 180 valence electrons. The highest BCUT2D eigenvalue weighted by Gasteiger charge is 2.47. The highest BCUT2D eigenvalue weighted by molar-refractivity contribution is 6.46. The molecule has 2 aromatic rings. The summed E-state index contributed by atoms with van der Waals surface area (Å²) in [5.41, 5.74) is 2.13. The Morgan fingerprint density at radius 1 is 1.12 bits per heavy atom. The molecule has 2 atom stereocenters. The first-order chi connectivity index (χ1) is 16.5. The largest absolute Gasteiger partial charge is 0.507 e. The summed E-state index contributed by atoms with van der Waals surface area (Å²) in [5.74, 6) is -0.612. The van der Waals surface area contributed by atoms with Crippen molar-refractivity contribution in [2.45, 2.75) is 45.8 Å². The van der Waals surface area contributed by atoms with E-state index in [1.54, 1.807) is 23.1 Å². The Bertz CT molecular complexity index is 1100. The molecular weight excluding hydrogens is 434 g/mol. The molecule has 0 spiro atoms. The number of Topliss-reactive ketones (excluding diaryl/α,β-unsaturated/α-hetero) is 1. The van der Waals surface area contributed by atoms with Crippen LogP contribution in [0.5, 0.6) is 11.5 Å². The van der Waals surface area contributed by atoms with Gasteiger partial charge in [-0.3, -0.25) is 9.59 Å². The van der Waals surface area contributed by atoms with E-state index >= 15 is 0 Å². The molecule has 0 radical (unpaired) electrons. The molecule has 2 fully saturated rings. The van der Waals surface area contributed by atoms with E-state index in [1.165, 1.54) is 0 Å². The molecule has 1 amide bonds. The Hall–Kier alpha value is -3.32. The van der Waals surface area contributed by atoms with Crippen LogP contribution in [0.2, 0.25) is 0 Å². The van der Waals surface area contributed by atoms with Crippen LogP contribution in [0.15, 0.2) is 48.0 Å². The fraction of sp³-hybridized carbons (Fsp3) is 0.407. The molecule has 7 heteroatoms. The lowest BCUT2D eigenvalue weighted by Gasteiger charge is -2.28. The minimum absolute atomic E-state index is 0.0578. The van der Waals surface area contributed by atoms with Gasteiger partial charge in [0.15, 0.2) is 0 Å². The number of ether oxygens (including phenoxy) is 3. The second-order valence-corrected chi connectivity index (χ2v) is 8.47. The van der Waals surface area contributed by atoms with Gasteiger partial charge in [0.25, 0.3) is 11.7 Å². The van der Waals surface area contributed by atoms with Crippen LogP contribution in [0.25, 0.3) is 5.76 Å². The third kappa shape index (κ3) is 4.53. The number of hydrogen-bond donors (Lipinski definition) is 1. The minimum atomic E-state index is -0.716. The van der Waals surface area contributed by atoms with Crippen LogP contribution in [0.4, 0.5) is 0 Å². The van der Waals surface area contributed by atoms with E-state index in [2.05, 4.69) is 0 Å². The smallest absolute Gasteiger partial charge is 0.295 e. The molecule has 2 heterocycles. The number of likely N-dealkylation sites (tertiary alicyclic amines) is 1. The minimum Gasteiger partial charge on any atom is -0.507 e. The fourth-order valence-electron chi connectivity index (χ4n) is 4.67. The number of carbonyl (C=O) groups excluding carboxylic acids is 2. The average Bonchev–Trinajstić information content (AvgIpc) is 3.42. The van der Waals surface area contributed by atoms with Crippen molar-refractivity contribution in [1.82, 2.24) is 4.90 Å². The standard InChI is InChI=1S/C27H31NO6/c1-4-32-18-12-13-21(22(15-18)33-5-2)25(29)23-24(20-11-7-6-9-17(20)3)28(27(31)26(23)30)16-19-10-8-14-34-19/h6-7,9,11-13,15,19,24,29H,4-5,8,10,14,16H2,1-3H3/b25-23+. The molecular formula is C27H31NO6. The first kappa shape index (κ1) is 23.8. The van der Waals surface area contributed by atoms with Crippen molar-refractivity contribution in [3.8, 4) is 11.5 Å². The summed E-state index contributed by atoms with van der Waals surface area (Å²) in [6, 6.07) is 12.0. The van der Waals surface area contributed by atoms with E-state index in [0.717, 1.165) is 24.0 Å². The fourth-order valence-corrected chi connectivity index (χ4v) is 4.67. The van der Waals surface area contributed by atoms with Crippen molar-refractivity contribution < 1.29 is 28.9 Å². The normalized spacial score (nSPS) is 21.8. The maximum absolute atomic E-state index is 13.3. The van der Waals surface area contributed by atoms with Crippen LogP contribution in [-0.4, -0.2) is 54.2 Å². The Morgan fingerprint density at radius 3 is 2.56 bits per heavy atom. The Balaban J connectivity index is 1.86. The zero-order chi connectivity index (χ0) is 24.2. The van der Waals surface area contributed by atoms with Crippen LogP contribution < -0.4 is 9.47 Å². The van der Waals surface area contributed by atoms with Crippen molar-refractivity contribution in [2.24, 2.45) is 0 Å². The van der Waals surface area contributed by atoms with E-state index in [0.29, 0.717) is 43.4 Å². The number of amides is 1. The van der Waals surface area contributed by atoms with Crippen LogP contribution in [0, 0.1) is 6.92 Å². The van der Waals surface area contributed by atoms with Crippen molar-refractivity contribution >= 4 is 17.4 Å². The topological polar surface area (TPSA) is 85.3 Å². The SMILES string of the molecule is CCOc1ccc(/C(O)=C2\C(=O)C(=O)N(CC3CCCO3)C2c2ccccc2C)c(OCC)c1. The molecule has 2 aromatic carbocycles. The second kappa shape index (κ2) is 10.3. The number of rotatable bonds is 8. The molecule has 4 rings (SSSR count). The van der Waals surface area contributed by atoms with Gasteiger partial charge in [-0.15, -0.1) is 0 Å². The van der Waals surface area contributed by atoms with Gasteiger partial charge in [-0.25, -0.2) is 0 Å². The lowest BCUT2D eigenvalue weighted by atomic mass is 9.92. The van der Waals surface area contributed by atoms with Gasteiger partial charge in [0.05, 0.1) is 36.5 Å². The summed E-state index contributed by atoms with van der Waals surface area (Å²) < 4.78 is 17.1. The van der Waals surface area contributed by atoms with E-state index in [-0.39, 0.29) is 17.4 Å². The molecule has 2 aliphatic heterocycles. The van der Waals surface area contributed by atoms with Crippen LogP contribution in [0.1, 0.15) is 49.4 Å². The van der Waals surface area contributed by atoms with Gasteiger partial charge in [-0.2, -0.15) is 0 Å². The van der Waals surface area contributed by atoms with Gasteiger partial charge in [0, 0.05) is 19.2 Å². The number of ketones is 1. The lowest BCUT2D eigenvalue weighted by Crippen LogP contribution is -2.36. The molecule has 2 unspecified atom stereocenters. The van der Waals surface area contributed by atoms with E-state index in [9.17, 15) is 14.7 Å². The van der Waals surface area contributed by atoms with Crippen molar-refractivity contribution in [3.05, 3.63) is 64.7 Å². The monoisotopic (exact) mass is 465 g/mol. The summed E-state index contributed by atoms with van der Waals surface area (Å²) in [7, 11) is 0. The third-order valence-electron chi connectivity index (χ3n) is 6.27. The van der Waals surface area contributed by atoms with E-state index < -0.39 is 17.7 Å². The number of aryl methyl sites for hydroxylation is 1. The van der Waals surface area contributed by atoms with Crippen LogP contribution in [0.3, 0.4) is 0 Å². The number of carbonyl (C=O) groups is 2. The lowest BCUT2D eigenvalue weighted by molar-refractivity contribution is -0.140. The Kier molecular flexibility index (Phi) is 7.22. The second-order valence-electron chi connectivity index (χ2n) is 8.47. The maximum Gasteiger partial charge on any atom is 0.295 e. The molecule has 7 nitrogen and oxygen atoms in total. The predicted molar refractivity (Wildman–Crippen MR) is 128 cm³/mol. The Morgan fingerprint density at radius 2 is 1.88 bits per heavy atom. The quantitative estimate of drug-likeness (QED) is 0.354. The van der Waals surface area contributed by atoms with Gasteiger partial charge in [-0.05, 0) is 56.9 Å². The number of aliphatic hydroxyl groups excluding tert-OH is 1. The average molecular weight is 466 g/mol. The summed E-state index contributed by atoms with van der Waals surface area (Å²) in [4.78, 5) is 28.1. The molecule has 34 heavy (non-hydrogen) atoms. The van der Waals surface area contributed by atoms with Gasteiger partial charge >= 0.3 is 0 Å². The summed E-state index contributed by atoms with van der Waals surface area (Å²) in [6.45, 7) is 7.44. The van der Waals surface area contributed by atoms with Crippen LogP contribution in [-0.2, 0) is 14.3 Å². The van der Waals surface area contributed by atoms with Gasteiger partial charge < -0.3 is 24.2 Å². The first-order valence-electron chi connectivity index (χ1n) is 11.8. The van der Waals surface area contributed by atoms with Gasteiger partial charge in [-0.1, -0.05) is 24.3 Å². The summed E-state index contributed by atoms with van der Waals surface area (Å²) >= 11 is 0. The highest BCUT2D eigenvalue weighted by Crippen LogP contribution is 2.43. The molecule has 0 aliphatic carbocycles. The van der Waals surface area contributed by atoms with Crippen molar-refractivity contribution in [1.29, 1.82) is 0 Å². The molecule has 2 aliphatic rings. The van der Waals surface area contributed by atoms with Crippen LogP contribution >= 0.6 is 0 Å². The third-order valence-corrected chi connectivity index (χ3v) is 6.27. The van der Waals surface area contributed by atoms with E-state index in [1.807, 2.05) is 45.0 Å². The highest BCUT2D eigenvalue weighted by atomic mass is 16.5. The van der Waals surface area contributed by atoms with Crippen molar-refractivity contribution in [2.75, 3.05) is 26.4 Å². The van der Waals surface area contributed by atoms with E-state index in [4.69, 9.17) is 14.2 Å². The number of aliphatic hydroxyl groups is 1. The first-order valence-corrected chi connectivity index (χ1v) is 11.8. The maximum atomic E-state index is 13.3. The zero-order valence-electron chi connectivity index (χ0n) is 19.9. The number of nitrogens with zero attached hydrogens (tertiary/aromatic N) is 1. The molecule has 0 saturated carbocycles. The van der Waals surface area contributed by atoms with Crippen molar-refractivity contribution in [3.63, 3.8) is 0 Å². The predicted octanol–water partition coefficient (Wildman–Crippen LogP) is 4.39. The summed E-state index contributed by atoms with van der Waals surface area (Å²) in [6.07, 6.45) is 1.62. The number of benzene rings is 2. The molecule has 2 saturated heterocycles. The molecule has 0 aromatic heterocycles. The Labute approximate surface area is 199 Å². The summed E-state index contributed by atoms with van der Waals surface area (Å²) in [5, 5.41) is 11.5. The molecule has 0 bridgehead atoms. The van der Waals surface area contributed by atoms with Gasteiger partial charge in [0.2, 0.25) is 0 Å². The number of hydrogen-bond acceptors (Lipinski definition) is 6. The molecule has 1 N–H and O–H groups in total. The zero-order valence-corrected chi connectivity index (χ0v) is 19.9. The van der Waals surface area contributed by atoms with Gasteiger partial charge in [0.1, 0.15) is 17.3 Å².